The number of aromatic amines is 1. The standard InChI is InChI=1S/C6H8N4O3/c11-4(1-2-6(12)13)3-5-7-9-10-8-5/h1-3H2,(H,12,13)(H,7,8,9,10). The molecule has 0 amide bonds. The van der Waals surface area contributed by atoms with Crippen molar-refractivity contribution < 1.29 is 14.7 Å². The molecule has 0 aromatic carbocycles. The van der Waals surface area contributed by atoms with Crippen LogP contribution in [-0.4, -0.2) is 37.5 Å². The Morgan fingerprint density at radius 1 is 1.38 bits per heavy atom. The minimum Gasteiger partial charge on any atom is -0.481 e. The average molecular weight is 184 g/mol. The number of hydrogen-bond donors (Lipinski definition) is 2. The summed E-state index contributed by atoms with van der Waals surface area (Å²) in [4.78, 5) is 21.1. The fourth-order valence-electron chi connectivity index (χ4n) is 0.768. The SMILES string of the molecule is O=C(O)CCC(=O)Cc1nn[nH]n1. The van der Waals surface area contributed by atoms with Crippen molar-refractivity contribution in [3.05, 3.63) is 5.82 Å². The van der Waals surface area contributed by atoms with Crippen molar-refractivity contribution in [2.75, 3.05) is 0 Å². The zero-order chi connectivity index (χ0) is 9.68. The van der Waals surface area contributed by atoms with Gasteiger partial charge in [-0.15, -0.1) is 10.2 Å². The number of rotatable bonds is 5. The predicted octanol–water partition coefficient (Wildman–Crippen LogP) is -0.824. The number of aliphatic carboxylic acids is 1. The van der Waals surface area contributed by atoms with Gasteiger partial charge in [0, 0.05) is 6.42 Å². The number of carboxylic acid groups (broad SMARTS) is 1. The summed E-state index contributed by atoms with van der Waals surface area (Å²) in [5, 5.41) is 20.9. The molecule has 2 N–H and O–H groups in total. The Hall–Kier alpha value is -1.79. The van der Waals surface area contributed by atoms with E-state index in [9.17, 15) is 9.59 Å². The Morgan fingerprint density at radius 2 is 2.15 bits per heavy atom. The molecule has 0 radical (unpaired) electrons. The Kier molecular flexibility index (Phi) is 3.07. The molecule has 0 saturated carbocycles. The van der Waals surface area contributed by atoms with Crippen molar-refractivity contribution in [1.29, 1.82) is 0 Å². The molecule has 0 bridgehead atoms. The monoisotopic (exact) mass is 184 g/mol. The topological polar surface area (TPSA) is 109 Å². The largest absolute Gasteiger partial charge is 0.481 e. The first-order valence-electron chi connectivity index (χ1n) is 3.64. The molecule has 0 fully saturated rings. The molecule has 13 heavy (non-hydrogen) atoms. The maximum absolute atomic E-state index is 11.0. The van der Waals surface area contributed by atoms with Crippen LogP contribution in [-0.2, 0) is 16.0 Å². The molecular formula is C6H8N4O3. The molecule has 7 nitrogen and oxygen atoms in total. The molecule has 1 aromatic heterocycles. The highest BCUT2D eigenvalue weighted by atomic mass is 16.4. The highest BCUT2D eigenvalue weighted by Crippen LogP contribution is 1.96. The molecular weight excluding hydrogens is 176 g/mol. The van der Waals surface area contributed by atoms with Gasteiger partial charge in [-0.2, -0.15) is 5.21 Å². The quantitative estimate of drug-likeness (QED) is 0.618. The van der Waals surface area contributed by atoms with E-state index in [0.29, 0.717) is 0 Å². The lowest BCUT2D eigenvalue weighted by Crippen LogP contribution is -2.07. The molecule has 1 rings (SSSR count). The molecule has 0 atom stereocenters. The summed E-state index contributed by atoms with van der Waals surface area (Å²) in [6.45, 7) is 0. The molecule has 1 heterocycles. The van der Waals surface area contributed by atoms with Crippen LogP contribution in [0.3, 0.4) is 0 Å². The number of hydrogen-bond acceptors (Lipinski definition) is 5. The van der Waals surface area contributed by atoms with Crippen LogP contribution < -0.4 is 0 Å². The van der Waals surface area contributed by atoms with Crippen LogP contribution in [0.1, 0.15) is 18.7 Å². The van der Waals surface area contributed by atoms with Crippen molar-refractivity contribution in [2.45, 2.75) is 19.3 Å². The molecule has 70 valence electrons. The molecule has 0 aliphatic carbocycles. The van der Waals surface area contributed by atoms with Crippen LogP contribution in [0, 0.1) is 0 Å². The first-order chi connectivity index (χ1) is 6.18. The second kappa shape index (κ2) is 4.29. The minimum absolute atomic E-state index is 0.00384. The predicted molar refractivity (Wildman–Crippen MR) is 39.8 cm³/mol. The first kappa shape index (κ1) is 9.30. The van der Waals surface area contributed by atoms with E-state index in [1.165, 1.54) is 0 Å². The van der Waals surface area contributed by atoms with Gasteiger partial charge in [0.15, 0.2) is 5.82 Å². The molecule has 1 aromatic rings. The number of carboxylic acids is 1. The van der Waals surface area contributed by atoms with Crippen molar-refractivity contribution >= 4 is 11.8 Å². The van der Waals surface area contributed by atoms with Gasteiger partial charge in [-0.3, -0.25) is 9.59 Å². The summed E-state index contributed by atoms with van der Waals surface area (Å²) >= 11 is 0. The van der Waals surface area contributed by atoms with Crippen LogP contribution in [0.2, 0.25) is 0 Å². The van der Waals surface area contributed by atoms with Crippen molar-refractivity contribution in [2.24, 2.45) is 0 Å². The Morgan fingerprint density at radius 3 is 2.69 bits per heavy atom. The minimum atomic E-state index is -0.985. The zero-order valence-corrected chi connectivity index (χ0v) is 6.73. The van der Waals surface area contributed by atoms with E-state index in [0.717, 1.165) is 0 Å². The van der Waals surface area contributed by atoms with E-state index >= 15 is 0 Å². The molecule has 0 aliphatic heterocycles. The third-order valence-corrected chi connectivity index (χ3v) is 1.36. The fourth-order valence-corrected chi connectivity index (χ4v) is 0.768. The van der Waals surface area contributed by atoms with Crippen LogP contribution in [0.4, 0.5) is 0 Å². The van der Waals surface area contributed by atoms with E-state index in [1.807, 2.05) is 0 Å². The van der Waals surface area contributed by atoms with Crippen LogP contribution in [0.25, 0.3) is 0 Å². The summed E-state index contributed by atoms with van der Waals surface area (Å²) in [5.74, 6) is -0.902. The molecule has 7 heteroatoms. The van der Waals surface area contributed by atoms with Gasteiger partial charge in [-0.25, -0.2) is 0 Å². The normalized spacial score (nSPS) is 9.85. The number of Topliss-reactive ketones (excluding diaryl/α,β-unsaturated/α-hetero) is 1. The summed E-state index contributed by atoms with van der Waals surface area (Å²) < 4.78 is 0. The molecule has 0 aliphatic rings. The lowest BCUT2D eigenvalue weighted by molar-refractivity contribution is -0.138. The number of carbonyl (C=O) groups is 2. The third-order valence-electron chi connectivity index (χ3n) is 1.36. The molecule has 0 spiro atoms. The number of H-pyrrole nitrogens is 1. The second-order valence-corrected chi connectivity index (χ2v) is 2.44. The number of aromatic nitrogens is 4. The first-order valence-corrected chi connectivity index (χ1v) is 3.64. The Balaban J connectivity index is 2.30. The van der Waals surface area contributed by atoms with E-state index < -0.39 is 5.97 Å². The van der Waals surface area contributed by atoms with E-state index in [-0.39, 0.29) is 30.9 Å². The fraction of sp³-hybridized carbons (Fsp3) is 0.500. The van der Waals surface area contributed by atoms with Gasteiger partial charge in [0.25, 0.3) is 0 Å². The second-order valence-electron chi connectivity index (χ2n) is 2.44. The van der Waals surface area contributed by atoms with Gasteiger partial charge in [0.05, 0.1) is 12.8 Å². The van der Waals surface area contributed by atoms with Crippen LogP contribution in [0.15, 0.2) is 0 Å². The van der Waals surface area contributed by atoms with Crippen molar-refractivity contribution in [1.82, 2.24) is 20.6 Å². The zero-order valence-electron chi connectivity index (χ0n) is 6.73. The Labute approximate surface area is 73.1 Å². The van der Waals surface area contributed by atoms with Gasteiger partial charge in [0.1, 0.15) is 5.78 Å². The molecule has 0 saturated heterocycles. The maximum Gasteiger partial charge on any atom is 0.303 e. The van der Waals surface area contributed by atoms with Crippen LogP contribution >= 0.6 is 0 Å². The van der Waals surface area contributed by atoms with Gasteiger partial charge < -0.3 is 5.11 Å². The maximum atomic E-state index is 11.0. The number of nitrogens with one attached hydrogen (secondary N) is 1. The van der Waals surface area contributed by atoms with Gasteiger partial charge in [-0.05, 0) is 0 Å². The summed E-state index contributed by atoms with van der Waals surface area (Å²) in [6, 6.07) is 0. The van der Waals surface area contributed by atoms with Gasteiger partial charge >= 0.3 is 5.97 Å². The smallest absolute Gasteiger partial charge is 0.303 e. The number of tetrazole rings is 1. The van der Waals surface area contributed by atoms with Gasteiger partial charge in [0.2, 0.25) is 0 Å². The molecule has 0 unspecified atom stereocenters. The van der Waals surface area contributed by atoms with E-state index in [4.69, 9.17) is 5.11 Å². The average Bonchev–Trinajstić information content (AvgIpc) is 2.53. The van der Waals surface area contributed by atoms with Crippen molar-refractivity contribution in [3.63, 3.8) is 0 Å². The van der Waals surface area contributed by atoms with Gasteiger partial charge in [-0.1, -0.05) is 5.21 Å². The van der Waals surface area contributed by atoms with Crippen LogP contribution in [0.5, 0.6) is 0 Å². The summed E-state index contributed by atoms with van der Waals surface area (Å²) in [7, 11) is 0. The van der Waals surface area contributed by atoms with Crippen molar-refractivity contribution in [3.8, 4) is 0 Å². The number of carbonyl (C=O) groups excluding carboxylic acids is 1. The highest BCUT2D eigenvalue weighted by Gasteiger charge is 2.08. The van der Waals surface area contributed by atoms with E-state index in [1.54, 1.807) is 0 Å². The summed E-state index contributed by atoms with van der Waals surface area (Å²) in [5.41, 5.74) is 0. The number of nitrogens with zero attached hydrogens (tertiary/aromatic N) is 3. The lowest BCUT2D eigenvalue weighted by Gasteiger charge is -1.92. The lowest BCUT2D eigenvalue weighted by atomic mass is 10.1. The number of ketones is 1. The third kappa shape index (κ3) is 3.41. The van der Waals surface area contributed by atoms with E-state index in [2.05, 4.69) is 20.6 Å². The highest BCUT2D eigenvalue weighted by molar-refractivity contribution is 5.83. The summed E-state index contributed by atoms with van der Waals surface area (Å²) in [6.07, 6.45) is -0.121. The Bertz CT molecular complexity index is 295.